The maximum Gasteiger partial charge on any atom is 0.143 e. The van der Waals surface area contributed by atoms with Crippen LogP contribution in [0.5, 0.6) is 11.5 Å². The molecule has 0 N–H and O–H groups in total. The Kier molecular flexibility index (Phi) is 7.85. The second kappa shape index (κ2) is 13.4. The van der Waals surface area contributed by atoms with Crippen LogP contribution < -0.4 is 9.64 Å². The maximum absolute atomic E-state index is 7.05. The third kappa shape index (κ3) is 5.62. The van der Waals surface area contributed by atoms with Crippen molar-refractivity contribution >= 4 is 27.8 Å². The lowest BCUT2D eigenvalue weighted by molar-refractivity contribution is 0.493. The molecule has 9 aromatic carbocycles. The van der Waals surface area contributed by atoms with Gasteiger partial charge in [-0.15, -0.1) is 0 Å². The first-order valence-corrected chi connectivity index (χ1v) is 18.4. The summed E-state index contributed by atoms with van der Waals surface area (Å²) < 4.78 is 7.05. The number of fused-ring (bicyclic) bond motifs is 7. The number of rotatable bonds is 6. The summed E-state index contributed by atoms with van der Waals surface area (Å²) in [6, 6.07) is 75.7. The summed E-state index contributed by atoms with van der Waals surface area (Å²) in [6.07, 6.45) is 0. The van der Waals surface area contributed by atoms with Gasteiger partial charge in [-0.2, -0.15) is 0 Å². The highest BCUT2D eigenvalue weighted by atomic mass is 16.5. The van der Waals surface area contributed by atoms with Crippen molar-refractivity contribution < 1.29 is 4.74 Å². The van der Waals surface area contributed by atoms with E-state index in [1.807, 2.05) is 0 Å². The number of ether oxygens (including phenoxy) is 1. The SMILES string of the molecule is c1ccc(-c2ccc(N(c3ccc(-c4ccccc4)cc3)c3ccc4c(c3)-c3ccccc3-c3ccc5c(-c6ccccc6)cccc5c3O4)cc2)cc1. The van der Waals surface area contributed by atoms with Gasteiger partial charge in [-0.1, -0.05) is 164 Å². The molecule has 254 valence electrons. The lowest BCUT2D eigenvalue weighted by Gasteiger charge is -2.27. The van der Waals surface area contributed by atoms with Crippen LogP contribution in [0.25, 0.3) is 66.4 Å². The summed E-state index contributed by atoms with van der Waals surface area (Å²) in [6.45, 7) is 0. The molecule has 10 rings (SSSR count). The molecule has 0 atom stereocenters. The fourth-order valence-corrected chi connectivity index (χ4v) is 7.86. The molecule has 9 aromatic rings. The van der Waals surface area contributed by atoms with Gasteiger partial charge in [0.05, 0.1) is 0 Å². The second-order valence-electron chi connectivity index (χ2n) is 13.7. The first-order chi connectivity index (χ1) is 26.8. The molecular weight excluding hydrogens is 655 g/mol. The summed E-state index contributed by atoms with van der Waals surface area (Å²) in [5, 5.41) is 2.27. The largest absolute Gasteiger partial charge is 0.455 e. The lowest BCUT2D eigenvalue weighted by atomic mass is 9.91. The van der Waals surface area contributed by atoms with Crippen molar-refractivity contribution in [2.45, 2.75) is 0 Å². The molecule has 0 radical (unpaired) electrons. The molecule has 0 spiro atoms. The van der Waals surface area contributed by atoms with E-state index < -0.39 is 0 Å². The van der Waals surface area contributed by atoms with Gasteiger partial charge in [0.1, 0.15) is 11.5 Å². The normalized spacial score (nSPS) is 11.5. The van der Waals surface area contributed by atoms with E-state index in [0.29, 0.717) is 0 Å². The van der Waals surface area contributed by atoms with Crippen molar-refractivity contribution in [2.24, 2.45) is 0 Å². The Morgan fingerprint density at radius 1 is 0.278 bits per heavy atom. The van der Waals surface area contributed by atoms with E-state index in [4.69, 9.17) is 4.74 Å². The quantitative estimate of drug-likeness (QED) is 0.172. The van der Waals surface area contributed by atoms with Crippen LogP contribution in [0.15, 0.2) is 212 Å². The molecule has 1 aliphatic rings. The zero-order valence-electron chi connectivity index (χ0n) is 29.6. The van der Waals surface area contributed by atoms with Gasteiger partial charge in [0.25, 0.3) is 0 Å². The van der Waals surface area contributed by atoms with Gasteiger partial charge in [-0.3, -0.25) is 0 Å². The molecule has 0 saturated carbocycles. The minimum Gasteiger partial charge on any atom is -0.455 e. The maximum atomic E-state index is 7.05. The molecule has 0 aromatic heterocycles. The molecular formula is C52H35NO. The molecule has 1 heterocycles. The molecule has 0 aliphatic carbocycles. The van der Waals surface area contributed by atoms with Gasteiger partial charge in [0, 0.05) is 33.6 Å². The number of anilines is 3. The van der Waals surface area contributed by atoms with Crippen LogP contribution in [0.2, 0.25) is 0 Å². The van der Waals surface area contributed by atoms with Gasteiger partial charge in [0.15, 0.2) is 0 Å². The zero-order valence-corrected chi connectivity index (χ0v) is 29.6. The monoisotopic (exact) mass is 689 g/mol. The molecule has 54 heavy (non-hydrogen) atoms. The molecule has 0 bridgehead atoms. The summed E-state index contributed by atoms with van der Waals surface area (Å²) in [7, 11) is 0. The van der Waals surface area contributed by atoms with Crippen molar-refractivity contribution in [1.29, 1.82) is 0 Å². The molecule has 2 nitrogen and oxygen atoms in total. The van der Waals surface area contributed by atoms with Crippen molar-refractivity contribution in [2.75, 3.05) is 4.90 Å². The van der Waals surface area contributed by atoms with Gasteiger partial charge >= 0.3 is 0 Å². The Balaban J connectivity index is 1.12. The summed E-state index contributed by atoms with van der Waals surface area (Å²) in [4.78, 5) is 2.34. The van der Waals surface area contributed by atoms with Crippen LogP contribution in [0.4, 0.5) is 17.1 Å². The van der Waals surface area contributed by atoms with Crippen LogP contribution in [0.1, 0.15) is 0 Å². The third-order valence-corrected chi connectivity index (χ3v) is 10.5. The van der Waals surface area contributed by atoms with E-state index >= 15 is 0 Å². The van der Waals surface area contributed by atoms with Gasteiger partial charge in [0.2, 0.25) is 0 Å². The molecule has 0 amide bonds. The highest BCUT2D eigenvalue weighted by molar-refractivity contribution is 6.06. The predicted molar refractivity (Wildman–Crippen MR) is 226 cm³/mol. The molecule has 0 unspecified atom stereocenters. The van der Waals surface area contributed by atoms with E-state index in [0.717, 1.165) is 56.2 Å². The molecule has 2 heteroatoms. The van der Waals surface area contributed by atoms with Crippen molar-refractivity contribution in [1.82, 2.24) is 0 Å². The van der Waals surface area contributed by atoms with Gasteiger partial charge < -0.3 is 9.64 Å². The standard InChI is InChI=1S/C52H35NO/c1-4-13-36(14-5-1)38-23-27-41(28-24-38)53(42-29-25-39(26-30-42)37-15-6-2-7-16-37)43-31-34-51-50(35-43)46-20-11-10-19-45(46)49-33-32-47-44(40-17-8-3-9-18-40)21-12-22-48(47)52(49)54-51/h1-35H. The fourth-order valence-electron chi connectivity index (χ4n) is 7.86. The Morgan fingerprint density at radius 3 is 1.35 bits per heavy atom. The summed E-state index contributed by atoms with van der Waals surface area (Å²) in [5.41, 5.74) is 14.8. The second-order valence-corrected chi connectivity index (χ2v) is 13.7. The van der Waals surface area contributed by atoms with E-state index in [2.05, 4.69) is 217 Å². The molecule has 0 fully saturated rings. The topological polar surface area (TPSA) is 12.5 Å². The minimum absolute atomic E-state index is 0.835. The van der Waals surface area contributed by atoms with Gasteiger partial charge in [-0.05, 0) is 98.4 Å². The summed E-state index contributed by atoms with van der Waals surface area (Å²) >= 11 is 0. The van der Waals surface area contributed by atoms with E-state index in [1.165, 1.54) is 38.8 Å². The smallest absolute Gasteiger partial charge is 0.143 e. The fraction of sp³-hybridized carbons (Fsp3) is 0. The van der Waals surface area contributed by atoms with E-state index in [9.17, 15) is 0 Å². The first kappa shape index (κ1) is 31.6. The number of hydrogen-bond acceptors (Lipinski definition) is 2. The minimum atomic E-state index is 0.835. The van der Waals surface area contributed by atoms with Gasteiger partial charge in [-0.25, -0.2) is 0 Å². The Hall–Kier alpha value is -7.16. The Labute approximate surface area is 315 Å². The zero-order chi connectivity index (χ0) is 35.8. The van der Waals surface area contributed by atoms with Crippen LogP contribution in [0, 0.1) is 0 Å². The molecule has 0 saturated heterocycles. The number of benzene rings is 9. The highest BCUT2D eigenvalue weighted by Crippen LogP contribution is 2.51. The van der Waals surface area contributed by atoms with Crippen molar-refractivity contribution in [3.63, 3.8) is 0 Å². The first-order valence-electron chi connectivity index (χ1n) is 18.4. The Bertz CT molecular complexity index is 2670. The van der Waals surface area contributed by atoms with Crippen LogP contribution in [-0.2, 0) is 0 Å². The average molecular weight is 690 g/mol. The number of nitrogens with zero attached hydrogens (tertiary/aromatic N) is 1. The third-order valence-electron chi connectivity index (χ3n) is 10.5. The highest BCUT2D eigenvalue weighted by Gasteiger charge is 2.25. The van der Waals surface area contributed by atoms with Crippen molar-refractivity contribution in [3.8, 4) is 67.1 Å². The Morgan fingerprint density at radius 2 is 0.759 bits per heavy atom. The van der Waals surface area contributed by atoms with Crippen molar-refractivity contribution in [3.05, 3.63) is 212 Å². The lowest BCUT2D eigenvalue weighted by Crippen LogP contribution is -2.10. The number of hydrogen-bond donors (Lipinski definition) is 0. The van der Waals surface area contributed by atoms with Crippen LogP contribution in [-0.4, -0.2) is 0 Å². The van der Waals surface area contributed by atoms with Crippen LogP contribution in [0.3, 0.4) is 0 Å². The van der Waals surface area contributed by atoms with E-state index in [-0.39, 0.29) is 0 Å². The molecule has 1 aliphatic heterocycles. The predicted octanol–water partition coefficient (Wildman–Crippen LogP) is 14.8. The van der Waals surface area contributed by atoms with Crippen LogP contribution >= 0.6 is 0 Å². The van der Waals surface area contributed by atoms with E-state index in [1.54, 1.807) is 0 Å². The average Bonchev–Trinajstić information content (AvgIpc) is 3.39. The summed E-state index contributed by atoms with van der Waals surface area (Å²) in [5.74, 6) is 1.72.